The van der Waals surface area contributed by atoms with Gasteiger partial charge in [0.15, 0.2) is 0 Å². The first-order valence-corrected chi connectivity index (χ1v) is 9.88. The highest BCUT2D eigenvalue weighted by atomic mass is 32.1. The number of hydrogen-bond donors (Lipinski definition) is 3. The molecule has 3 rings (SSSR count). The highest BCUT2D eigenvalue weighted by molar-refractivity contribution is 7.18. The van der Waals surface area contributed by atoms with Crippen LogP contribution in [0.1, 0.15) is 11.3 Å². The van der Waals surface area contributed by atoms with E-state index in [4.69, 9.17) is 5.11 Å². The summed E-state index contributed by atoms with van der Waals surface area (Å²) in [6.07, 6.45) is -6.91. The maximum Gasteiger partial charge on any atom is 0.397 e. The molecule has 2 aromatic heterocycles. The number of alkyl halides is 3. The average molecular weight is 433 g/mol. The Kier molecular flexibility index (Phi) is 6.44. The van der Waals surface area contributed by atoms with Crippen molar-refractivity contribution in [3.63, 3.8) is 0 Å². The van der Waals surface area contributed by atoms with Crippen molar-refractivity contribution >= 4 is 39.2 Å². The van der Waals surface area contributed by atoms with Crippen LogP contribution < -0.4 is 10.2 Å². The molecule has 1 aliphatic rings. The minimum absolute atomic E-state index is 0.0749. The molecule has 3 N–H and O–H groups in total. The molecule has 160 valence electrons. The number of halogens is 3. The molecule has 0 radical (unpaired) electrons. The van der Waals surface area contributed by atoms with Crippen LogP contribution in [-0.4, -0.2) is 82.6 Å². The maximum absolute atomic E-state index is 12.5. The molecule has 0 aromatic carbocycles. The summed E-state index contributed by atoms with van der Waals surface area (Å²) in [5, 5.41) is 22.2. The zero-order chi connectivity index (χ0) is 21.2. The molecule has 0 spiro atoms. The Bertz CT molecular complexity index is 868. The second kappa shape index (κ2) is 8.67. The zero-order valence-electron chi connectivity index (χ0n) is 15.7. The van der Waals surface area contributed by atoms with Gasteiger partial charge in [0.05, 0.1) is 18.1 Å². The molecule has 0 bridgehead atoms. The van der Waals surface area contributed by atoms with Gasteiger partial charge in [0.25, 0.3) is 0 Å². The van der Waals surface area contributed by atoms with Crippen molar-refractivity contribution in [3.8, 4) is 0 Å². The first-order valence-electron chi connectivity index (χ1n) is 9.06. The third kappa shape index (κ3) is 5.46. The molecule has 1 aliphatic heterocycles. The number of hydrogen-bond acceptors (Lipinski definition) is 8. The van der Waals surface area contributed by atoms with E-state index >= 15 is 0 Å². The number of carbonyl (C=O) groups excluding carboxylic acids is 1. The molecule has 8 nitrogen and oxygen atoms in total. The summed E-state index contributed by atoms with van der Waals surface area (Å²) in [6, 6.07) is 1.95. The minimum atomic E-state index is -4.51. The van der Waals surface area contributed by atoms with E-state index < -0.39 is 31.2 Å². The van der Waals surface area contributed by atoms with Crippen molar-refractivity contribution in [1.82, 2.24) is 14.9 Å². The van der Waals surface area contributed by atoms with Crippen LogP contribution >= 0.6 is 11.3 Å². The maximum atomic E-state index is 12.5. The fourth-order valence-corrected chi connectivity index (χ4v) is 3.95. The van der Waals surface area contributed by atoms with Gasteiger partial charge in [-0.2, -0.15) is 18.2 Å². The van der Waals surface area contributed by atoms with Gasteiger partial charge in [-0.3, -0.25) is 4.79 Å². The van der Waals surface area contributed by atoms with Gasteiger partial charge in [0, 0.05) is 37.6 Å². The van der Waals surface area contributed by atoms with Crippen LogP contribution in [0.2, 0.25) is 0 Å². The van der Waals surface area contributed by atoms with Crippen molar-refractivity contribution < 1.29 is 28.2 Å². The largest absolute Gasteiger partial charge is 0.397 e. The number of thiophene rings is 1. The second-order valence-electron chi connectivity index (χ2n) is 6.82. The summed E-state index contributed by atoms with van der Waals surface area (Å²) in [5.74, 6) is -0.00241. The van der Waals surface area contributed by atoms with Crippen LogP contribution in [0.4, 0.5) is 24.9 Å². The molecule has 1 atom stereocenters. The molecular formula is C17H22F3N5O3S. The van der Waals surface area contributed by atoms with Crippen LogP contribution in [0.5, 0.6) is 0 Å². The summed E-state index contributed by atoms with van der Waals surface area (Å²) >= 11 is 1.48. The standard InChI is InChI=1S/C17H22F3N5O3S/c1-10-6-12-14(22-16(23-15(12)29-10)21-8-11(27)9-26)25-4-2-24(3-5-25)13(28)7-17(18,19)20/h6,11,26-27H,2-5,7-9H2,1H3,(H,21,22,23)/t11-/m1/s1. The number of fused-ring (bicyclic) bond motifs is 1. The number of piperazine rings is 1. The molecule has 0 unspecified atom stereocenters. The Morgan fingerprint density at radius 1 is 1.31 bits per heavy atom. The number of aliphatic hydroxyl groups excluding tert-OH is 2. The van der Waals surface area contributed by atoms with Crippen molar-refractivity contribution in [2.45, 2.75) is 25.6 Å². The lowest BCUT2D eigenvalue weighted by Gasteiger charge is -2.36. The number of rotatable bonds is 6. The van der Waals surface area contributed by atoms with E-state index in [1.165, 1.54) is 16.2 Å². The van der Waals surface area contributed by atoms with Gasteiger partial charge in [-0.05, 0) is 13.0 Å². The SMILES string of the molecule is Cc1cc2c(N3CCN(C(=O)CC(F)(F)F)CC3)nc(NC[C@@H](O)CO)nc2s1. The Hall–Kier alpha value is -2.18. The average Bonchev–Trinajstić information content (AvgIpc) is 3.04. The quantitative estimate of drug-likeness (QED) is 0.632. The van der Waals surface area contributed by atoms with Gasteiger partial charge < -0.3 is 25.3 Å². The number of nitrogens with one attached hydrogen (secondary N) is 1. The topological polar surface area (TPSA) is 102 Å². The predicted molar refractivity (Wildman–Crippen MR) is 103 cm³/mol. The molecule has 0 saturated carbocycles. The normalized spacial score (nSPS) is 16.3. The molecule has 1 saturated heterocycles. The predicted octanol–water partition coefficient (Wildman–Crippen LogP) is 1.37. The summed E-state index contributed by atoms with van der Waals surface area (Å²) in [7, 11) is 0. The summed E-state index contributed by atoms with van der Waals surface area (Å²) in [5.41, 5.74) is 0. The van der Waals surface area contributed by atoms with E-state index in [1.807, 2.05) is 17.9 Å². The second-order valence-corrected chi connectivity index (χ2v) is 8.06. The molecule has 3 heterocycles. The van der Waals surface area contributed by atoms with Gasteiger partial charge >= 0.3 is 6.18 Å². The fraction of sp³-hybridized carbons (Fsp3) is 0.588. The van der Waals surface area contributed by atoms with Gasteiger partial charge in [0.1, 0.15) is 17.1 Å². The number of aromatic nitrogens is 2. The molecule has 1 amide bonds. The first kappa shape index (κ1) is 21.5. The molecule has 1 fully saturated rings. The minimum Gasteiger partial charge on any atom is -0.394 e. The van der Waals surface area contributed by atoms with Crippen LogP contribution in [0, 0.1) is 6.92 Å². The molecular weight excluding hydrogens is 411 g/mol. The Morgan fingerprint density at radius 2 is 2.00 bits per heavy atom. The van der Waals surface area contributed by atoms with Gasteiger partial charge in [0.2, 0.25) is 11.9 Å². The van der Waals surface area contributed by atoms with Crippen molar-refractivity contribution in [2.24, 2.45) is 0 Å². The Morgan fingerprint density at radius 3 is 2.62 bits per heavy atom. The molecule has 12 heteroatoms. The number of anilines is 2. The van der Waals surface area contributed by atoms with E-state index in [-0.39, 0.29) is 25.6 Å². The van der Waals surface area contributed by atoms with E-state index in [2.05, 4.69) is 15.3 Å². The first-order chi connectivity index (χ1) is 13.7. The van der Waals surface area contributed by atoms with Gasteiger partial charge in [-0.1, -0.05) is 0 Å². The van der Waals surface area contributed by atoms with Crippen molar-refractivity contribution in [3.05, 3.63) is 10.9 Å². The van der Waals surface area contributed by atoms with Crippen molar-refractivity contribution in [2.75, 3.05) is 49.5 Å². The smallest absolute Gasteiger partial charge is 0.394 e. The molecule has 2 aromatic rings. The number of aryl methyl sites for hydroxylation is 1. The van der Waals surface area contributed by atoms with Crippen molar-refractivity contribution in [1.29, 1.82) is 0 Å². The Labute approximate surface area is 169 Å². The van der Waals surface area contributed by atoms with Crippen LogP contribution in [0.25, 0.3) is 10.2 Å². The zero-order valence-corrected chi connectivity index (χ0v) is 16.6. The summed E-state index contributed by atoms with van der Waals surface area (Å²) in [6.45, 7) is 2.67. The lowest BCUT2D eigenvalue weighted by Crippen LogP contribution is -2.49. The highest BCUT2D eigenvalue weighted by Gasteiger charge is 2.34. The van der Waals surface area contributed by atoms with Crippen LogP contribution in [0.3, 0.4) is 0 Å². The monoisotopic (exact) mass is 433 g/mol. The lowest BCUT2D eigenvalue weighted by atomic mass is 10.2. The fourth-order valence-electron chi connectivity index (χ4n) is 3.07. The number of aliphatic hydroxyl groups is 2. The highest BCUT2D eigenvalue weighted by Crippen LogP contribution is 2.32. The van der Waals surface area contributed by atoms with Crippen LogP contribution in [-0.2, 0) is 4.79 Å². The number of nitrogens with zero attached hydrogens (tertiary/aromatic N) is 4. The van der Waals surface area contributed by atoms with E-state index in [9.17, 15) is 23.1 Å². The Balaban J connectivity index is 1.76. The summed E-state index contributed by atoms with van der Waals surface area (Å²) < 4.78 is 37.4. The van der Waals surface area contributed by atoms with E-state index in [0.29, 0.717) is 18.9 Å². The van der Waals surface area contributed by atoms with E-state index in [1.54, 1.807) is 0 Å². The van der Waals surface area contributed by atoms with E-state index in [0.717, 1.165) is 15.1 Å². The van der Waals surface area contributed by atoms with Gasteiger partial charge in [-0.15, -0.1) is 11.3 Å². The number of amides is 1. The summed E-state index contributed by atoms with van der Waals surface area (Å²) in [4.78, 5) is 25.7. The van der Waals surface area contributed by atoms with Gasteiger partial charge in [-0.25, -0.2) is 4.98 Å². The van der Waals surface area contributed by atoms with Crippen LogP contribution in [0.15, 0.2) is 6.07 Å². The lowest BCUT2D eigenvalue weighted by molar-refractivity contribution is -0.161. The number of carbonyl (C=O) groups is 1. The third-order valence-electron chi connectivity index (χ3n) is 4.49. The molecule has 29 heavy (non-hydrogen) atoms. The molecule has 0 aliphatic carbocycles. The third-order valence-corrected chi connectivity index (χ3v) is 5.43.